The van der Waals surface area contributed by atoms with Gasteiger partial charge in [0.2, 0.25) is 5.78 Å². The molecule has 156 valence electrons. The van der Waals surface area contributed by atoms with E-state index in [2.05, 4.69) is 25.7 Å². The van der Waals surface area contributed by atoms with Crippen LogP contribution in [-0.2, 0) is 0 Å². The number of aromatic amines is 1. The molecule has 0 atom stereocenters. The van der Waals surface area contributed by atoms with Crippen molar-refractivity contribution in [3.8, 4) is 0 Å². The number of nitrogens with zero attached hydrogens (tertiary/aromatic N) is 3. The molecule has 1 aliphatic rings. The third-order valence-electron chi connectivity index (χ3n) is 5.58. The number of H-pyrrole nitrogens is 1. The molecule has 1 fully saturated rings. The number of nitrogens with one attached hydrogen (secondary N) is 3. The Bertz CT molecular complexity index is 1300. The van der Waals surface area contributed by atoms with E-state index in [0.717, 1.165) is 29.7 Å². The van der Waals surface area contributed by atoms with Crippen molar-refractivity contribution >= 4 is 28.7 Å². The van der Waals surface area contributed by atoms with Gasteiger partial charge in [0.25, 0.3) is 5.91 Å². The lowest BCUT2D eigenvalue weighted by Gasteiger charge is -2.12. The fourth-order valence-corrected chi connectivity index (χ4v) is 3.62. The predicted molar refractivity (Wildman–Crippen MR) is 117 cm³/mol. The predicted octanol–water partition coefficient (Wildman–Crippen LogP) is 3.54. The molecular weight excluding hydrogens is 392 g/mol. The van der Waals surface area contributed by atoms with Gasteiger partial charge in [-0.3, -0.25) is 9.59 Å². The monoisotopic (exact) mass is 414 g/mol. The minimum atomic E-state index is -0.103. The summed E-state index contributed by atoms with van der Waals surface area (Å²) in [6.45, 7) is 3.85. The Labute approximate surface area is 178 Å². The van der Waals surface area contributed by atoms with E-state index in [4.69, 9.17) is 0 Å². The van der Waals surface area contributed by atoms with Gasteiger partial charge in [0.1, 0.15) is 11.8 Å². The van der Waals surface area contributed by atoms with Crippen molar-refractivity contribution in [1.82, 2.24) is 24.9 Å². The molecule has 5 rings (SSSR count). The van der Waals surface area contributed by atoms with Crippen molar-refractivity contribution in [2.24, 2.45) is 0 Å². The Morgan fingerprint density at radius 3 is 2.77 bits per heavy atom. The average molecular weight is 414 g/mol. The van der Waals surface area contributed by atoms with Gasteiger partial charge in [-0.2, -0.15) is 5.10 Å². The van der Waals surface area contributed by atoms with Crippen molar-refractivity contribution in [1.29, 1.82) is 0 Å². The second-order valence-corrected chi connectivity index (χ2v) is 7.88. The summed E-state index contributed by atoms with van der Waals surface area (Å²) in [4.78, 5) is 32.7. The third kappa shape index (κ3) is 3.56. The number of fused-ring (bicyclic) bond motifs is 1. The maximum absolute atomic E-state index is 12.9. The van der Waals surface area contributed by atoms with Crippen LogP contribution in [0.3, 0.4) is 0 Å². The number of carbonyl (C=O) groups is 2. The van der Waals surface area contributed by atoms with Crippen LogP contribution < -0.4 is 10.6 Å². The number of ketones is 1. The summed E-state index contributed by atoms with van der Waals surface area (Å²) in [7, 11) is 0. The van der Waals surface area contributed by atoms with Gasteiger partial charge in [-0.05, 0) is 62.1 Å². The van der Waals surface area contributed by atoms with Gasteiger partial charge in [-0.25, -0.2) is 9.50 Å². The molecule has 8 nitrogen and oxygen atoms in total. The van der Waals surface area contributed by atoms with E-state index in [1.165, 1.54) is 6.33 Å². The zero-order valence-electron chi connectivity index (χ0n) is 17.3. The molecule has 0 aliphatic heterocycles. The van der Waals surface area contributed by atoms with Crippen LogP contribution in [0, 0.1) is 13.8 Å². The van der Waals surface area contributed by atoms with Crippen LogP contribution in [0.25, 0.3) is 5.52 Å². The van der Waals surface area contributed by atoms with Crippen LogP contribution in [0.2, 0.25) is 0 Å². The molecule has 1 amide bonds. The molecule has 1 saturated carbocycles. The average Bonchev–Trinajstić information content (AvgIpc) is 3.27. The first kappa shape index (κ1) is 19.0. The lowest BCUT2D eigenvalue weighted by molar-refractivity contribution is 0.0950. The van der Waals surface area contributed by atoms with E-state index in [-0.39, 0.29) is 11.7 Å². The number of hydrogen-bond acceptors (Lipinski definition) is 5. The van der Waals surface area contributed by atoms with Crippen LogP contribution in [0.5, 0.6) is 0 Å². The van der Waals surface area contributed by atoms with E-state index in [1.807, 2.05) is 32.0 Å². The van der Waals surface area contributed by atoms with E-state index >= 15 is 0 Å². The molecule has 0 bridgehead atoms. The Hall–Kier alpha value is -3.94. The molecule has 0 spiro atoms. The van der Waals surface area contributed by atoms with Crippen molar-refractivity contribution in [2.75, 3.05) is 5.32 Å². The highest BCUT2D eigenvalue weighted by Gasteiger charge is 2.24. The van der Waals surface area contributed by atoms with E-state index < -0.39 is 0 Å². The minimum absolute atomic E-state index is 0.0731. The number of amides is 1. The highest BCUT2D eigenvalue weighted by atomic mass is 16.1. The van der Waals surface area contributed by atoms with Gasteiger partial charge in [0, 0.05) is 35.2 Å². The fraction of sp³-hybridized carbons (Fsp3) is 0.217. The third-order valence-corrected chi connectivity index (χ3v) is 5.58. The number of rotatable bonds is 6. The standard InChI is InChI=1S/C23H22N6O2/c1-13-5-6-15(23(31)27-16-7-8-16)10-19(13)28-22-20-14(2)17(11-29(20)26-12-25-22)21(30)18-4-3-9-24-18/h3-6,9-12,16,24H,7-8H2,1-2H3,(H,27,31)(H,25,26,28). The summed E-state index contributed by atoms with van der Waals surface area (Å²) in [6, 6.07) is 9.40. The van der Waals surface area contributed by atoms with Crippen molar-refractivity contribution in [2.45, 2.75) is 32.7 Å². The number of aromatic nitrogens is 4. The first-order valence-electron chi connectivity index (χ1n) is 10.2. The van der Waals surface area contributed by atoms with Gasteiger partial charge >= 0.3 is 0 Å². The molecule has 0 radical (unpaired) electrons. The second kappa shape index (κ2) is 7.39. The summed E-state index contributed by atoms with van der Waals surface area (Å²) in [5.41, 5.74) is 4.92. The topological polar surface area (TPSA) is 104 Å². The van der Waals surface area contributed by atoms with Crippen molar-refractivity contribution in [3.63, 3.8) is 0 Å². The van der Waals surface area contributed by atoms with Gasteiger partial charge < -0.3 is 15.6 Å². The molecule has 1 aliphatic carbocycles. The summed E-state index contributed by atoms with van der Waals surface area (Å²) in [6.07, 6.45) is 6.96. The molecule has 3 heterocycles. The zero-order valence-corrected chi connectivity index (χ0v) is 17.3. The fourth-order valence-electron chi connectivity index (χ4n) is 3.62. The minimum Gasteiger partial charge on any atom is -0.359 e. The van der Waals surface area contributed by atoms with Gasteiger partial charge in [-0.15, -0.1) is 0 Å². The van der Waals surface area contributed by atoms with E-state index in [1.54, 1.807) is 29.0 Å². The molecule has 31 heavy (non-hydrogen) atoms. The lowest BCUT2D eigenvalue weighted by atomic mass is 10.1. The van der Waals surface area contributed by atoms with Crippen LogP contribution in [0.1, 0.15) is 50.4 Å². The SMILES string of the molecule is Cc1ccc(C(=O)NC2CC2)cc1Nc1ncnn2cc(C(=O)c3ccc[nH]3)c(C)c12. The normalized spacial score (nSPS) is 13.4. The summed E-state index contributed by atoms with van der Waals surface area (Å²) in [5, 5.41) is 10.6. The van der Waals surface area contributed by atoms with Gasteiger partial charge in [0.05, 0.1) is 5.69 Å². The van der Waals surface area contributed by atoms with Crippen LogP contribution >= 0.6 is 0 Å². The Balaban J connectivity index is 1.51. The molecule has 4 aromatic rings. The van der Waals surface area contributed by atoms with Gasteiger partial charge in [-0.1, -0.05) is 6.07 Å². The highest BCUT2D eigenvalue weighted by molar-refractivity contribution is 6.10. The summed E-state index contributed by atoms with van der Waals surface area (Å²) < 4.78 is 1.65. The van der Waals surface area contributed by atoms with Crippen molar-refractivity contribution in [3.05, 3.63) is 77.0 Å². The van der Waals surface area contributed by atoms with Crippen LogP contribution in [0.15, 0.2) is 49.1 Å². The Morgan fingerprint density at radius 1 is 1.19 bits per heavy atom. The Kier molecular flexibility index (Phi) is 4.54. The quantitative estimate of drug-likeness (QED) is 0.419. The maximum Gasteiger partial charge on any atom is 0.251 e. The maximum atomic E-state index is 12.9. The Morgan fingerprint density at radius 2 is 2.03 bits per heavy atom. The molecule has 1 aromatic carbocycles. The first-order chi connectivity index (χ1) is 15.0. The molecule has 8 heteroatoms. The van der Waals surface area contributed by atoms with E-state index in [0.29, 0.717) is 34.2 Å². The van der Waals surface area contributed by atoms with Gasteiger partial charge in [0.15, 0.2) is 5.82 Å². The smallest absolute Gasteiger partial charge is 0.251 e. The highest BCUT2D eigenvalue weighted by Crippen LogP contribution is 2.28. The number of anilines is 2. The molecule has 0 saturated heterocycles. The summed E-state index contributed by atoms with van der Waals surface area (Å²) in [5.74, 6) is 0.394. The van der Waals surface area contributed by atoms with Crippen LogP contribution in [-0.4, -0.2) is 37.3 Å². The number of benzene rings is 1. The van der Waals surface area contributed by atoms with Crippen LogP contribution in [0.4, 0.5) is 11.5 Å². The number of hydrogen-bond donors (Lipinski definition) is 3. The summed E-state index contributed by atoms with van der Waals surface area (Å²) >= 11 is 0. The molecule has 3 N–H and O–H groups in total. The largest absolute Gasteiger partial charge is 0.359 e. The number of aryl methyl sites for hydroxylation is 2. The molecule has 3 aromatic heterocycles. The van der Waals surface area contributed by atoms with E-state index in [9.17, 15) is 9.59 Å². The van der Waals surface area contributed by atoms with Crippen molar-refractivity contribution < 1.29 is 9.59 Å². The second-order valence-electron chi connectivity index (χ2n) is 7.88. The molecule has 0 unspecified atom stereocenters. The lowest BCUT2D eigenvalue weighted by Crippen LogP contribution is -2.25. The molecular formula is C23H22N6O2. The first-order valence-corrected chi connectivity index (χ1v) is 10.2. The zero-order chi connectivity index (χ0) is 21.5. The number of carbonyl (C=O) groups excluding carboxylic acids is 2.